The van der Waals surface area contributed by atoms with Gasteiger partial charge in [0.1, 0.15) is 0 Å². The van der Waals surface area contributed by atoms with Crippen molar-refractivity contribution in [2.45, 2.75) is 33.1 Å². The van der Waals surface area contributed by atoms with E-state index in [-0.39, 0.29) is 52.8 Å². The van der Waals surface area contributed by atoms with Crippen molar-refractivity contribution in [1.29, 1.82) is 0 Å². The van der Waals surface area contributed by atoms with Gasteiger partial charge in [0, 0.05) is 6.61 Å². The number of hydrogen-bond donors (Lipinski definition) is 1. The van der Waals surface area contributed by atoms with Gasteiger partial charge in [-0.2, -0.15) is 0 Å². The second kappa shape index (κ2) is 9.60. The first-order valence-electron chi connectivity index (χ1n) is 3.42. The van der Waals surface area contributed by atoms with E-state index in [4.69, 9.17) is 5.11 Å². The van der Waals surface area contributed by atoms with E-state index >= 15 is 0 Å². The normalized spacial score (nSPS) is 12.3. The molecule has 1 atom stereocenters. The maximum atomic E-state index is 8.46. The monoisotopic (exact) mass is 156 g/mol. The first-order chi connectivity index (χ1) is 3.81. The maximum absolute atomic E-state index is 8.46. The largest absolute Gasteiger partial charge is 1.00 e. The van der Waals surface area contributed by atoms with Crippen LogP contribution in [0.3, 0.4) is 0 Å². The van der Waals surface area contributed by atoms with E-state index in [2.05, 4.69) is 13.8 Å². The Bertz CT molecular complexity index is 46.9. The Morgan fingerprint density at radius 3 is 2.33 bits per heavy atom. The molecule has 9 heavy (non-hydrogen) atoms. The maximum Gasteiger partial charge on any atom is 1.00 e. The van der Waals surface area contributed by atoms with E-state index in [9.17, 15) is 0 Å². The van der Waals surface area contributed by atoms with Crippen molar-refractivity contribution < 1.29 is 57.9 Å². The molecule has 0 rings (SSSR count). The van der Waals surface area contributed by atoms with E-state index in [1.165, 1.54) is 12.8 Å². The first kappa shape index (κ1) is 13.2. The van der Waals surface area contributed by atoms with Gasteiger partial charge in [0.15, 0.2) is 0 Å². The Hall–Kier alpha value is 1.60. The molecule has 0 aliphatic carbocycles. The van der Waals surface area contributed by atoms with E-state index in [0.29, 0.717) is 12.5 Å². The van der Waals surface area contributed by atoms with Crippen LogP contribution in [0.25, 0.3) is 0 Å². The summed E-state index contributed by atoms with van der Waals surface area (Å²) in [6, 6.07) is 0. The van der Waals surface area contributed by atoms with Gasteiger partial charge in [0.25, 0.3) is 0 Å². The predicted octanol–water partition coefficient (Wildman–Crippen LogP) is -1.08. The van der Waals surface area contributed by atoms with E-state index in [0.717, 1.165) is 6.42 Å². The second-order valence-electron chi connectivity index (χ2n) is 2.41. The van der Waals surface area contributed by atoms with Crippen molar-refractivity contribution in [1.82, 2.24) is 0 Å². The van der Waals surface area contributed by atoms with Gasteiger partial charge in [-0.3, -0.25) is 0 Å². The molecule has 2 heteroatoms. The summed E-state index contributed by atoms with van der Waals surface area (Å²) in [5, 5.41) is 8.46. The fourth-order valence-corrected chi connectivity index (χ4v) is 0.858. The summed E-state index contributed by atoms with van der Waals surface area (Å²) < 4.78 is 0. The zero-order chi connectivity index (χ0) is 6.41. The predicted molar refractivity (Wildman–Crippen MR) is 36.9 cm³/mol. The third-order valence-electron chi connectivity index (χ3n) is 1.40. The van der Waals surface area contributed by atoms with E-state index < -0.39 is 0 Å². The number of aliphatic hydroxyl groups is 1. The Morgan fingerprint density at radius 2 is 2.00 bits per heavy atom. The van der Waals surface area contributed by atoms with Crippen molar-refractivity contribution >= 4 is 0 Å². The molecule has 0 aliphatic rings. The Balaban J connectivity index is -0.000000245. The molecule has 0 radical (unpaired) electrons. The molecular formula is C7H17KO. The Morgan fingerprint density at radius 1 is 1.44 bits per heavy atom. The van der Waals surface area contributed by atoms with Gasteiger partial charge in [-0.1, -0.05) is 26.7 Å². The summed E-state index contributed by atoms with van der Waals surface area (Å²) in [7, 11) is 0. The molecule has 0 saturated heterocycles. The van der Waals surface area contributed by atoms with Crippen molar-refractivity contribution in [3.8, 4) is 0 Å². The van der Waals surface area contributed by atoms with Crippen LogP contribution in [0.2, 0.25) is 0 Å². The van der Waals surface area contributed by atoms with Crippen LogP contribution in [-0.2, 0) is 0 Å². The number of rotatable bonds is 4. The Labute approximate surface area is 102 Å². The van der Waals surface area contributed by atoms with Gasteiger partial charge < -0.3 is 6.53 Å². The van der Waals surface area contributed by atoms with E-state index in [1.807, 2.05) is 0 Å². The molecule has 0 aliphatic heterocycles. The molecule has 0 spiro atoms. The average molecular weight is 156 g/mol. The molecule has 1 unspecified atom stereocenters. The van der Waals surface area contributed by atoms with Crippen molar-refractivity contribution in [3.63, 3.8) is 0 Å². The Kier molecular flexibility index (Phi) is 14.1. The molecule has 1 N–H and O–H groups in total. The minimum Gasteiger partial charge on any atom is -1.00 e. The van der Waals surface area contributed by atoms with Crippen molar-refractivity contribution in [2.24, 2.45) is 5.92 Å². The molecule has 1 nitrogen and oxygen atoms in total. The standard InChI is InChI=1S/C7H16O.K.H/c1-3-4-7(2)5-6-8;;/h7-8H,3-6H2,1-2H3;;/q;+1;-1. The molecule has 0 heterocycles. The number of aliphatic hydroxyl groups excluding tert-OH is 1. The summed E-state index contributed by atoms with van der Waals surface area (Å²) >= 11 is 0. The molecule has 0 aromatic carbocycles. The molecule has 0 bridgehead atoms. The van der Waals surface area contributed by atoms with Gasteiger partial charge in [0.05, 0.1) is 0 Å². The fourth-order valence-electron chi connectivity index (χ4n) is 0.858. The second-order valence-corrected chi connectivity index (χ2v) is 2.41. The minimum absolute atomic E-state index is 0. The zero-order valence-corrected chi connectivity index (χ0v) is 9.98. The van der Waals surface area contributed by atoms with Gasteiger partial charge in [-0.25, -0.2) is 0 Å². The number of hydrogen-bond acceptors (Lipinski definition) is 1. The fraction of sp³-hybridized carbons (Fsp3) is 1.00. The van der Waals surface area contributed by atoms with Gasteiger partial charge in [-0.15, -0.1) is 0 Å². The molecule has 0 aromatic heterocycles. The topological polar surface area (TPSA) is 20.2 Å². The summed E-state index contributed by atoms with van der Waals surface area (Å²) in [4.78, 5) is 0. The summed E-state index contributed by atoms with van der Waals surface area (Å²) in [5.74, 6) is 0.713. The van der Waals surface area contributed by atoms with Gasteiger partial charge in [-0.05, 0) is 12.3 Å². The molecule has 0 amide bonds. The summed E-state index contributed by atoms with van der Waals surface area (Å²) in [6.45, 7) is 4.70. The quantitative estimate of drug-likeness (QED) is 0.514. The van der Waals surface area contributed by atoms with Crippen LogP contribution in [0.4, 0.5) is 0 Å². The molecule has 0 saturated carbocycles. The average Bonchev–Trinajstić information content (AvgIpc) is 1.68. The van der Waals surface area contributed by atoms with Crippen molar-refractivity contribution in [2.75, 3.05) is 6.61 Å². The van der Waals surface area contributed by atoms with Gasteiger partial charge >= 0.3 is 51.4 Å². The van der Waals surface area contributed by atoms with Crippen LogP contribution in [0.5, 0.6) is 0 Å². The molecule has 0 fully saturated rings. The third kappa shape index (κ3) is 9.60. The molecular weight excluding hydrogens is 139 g/mol. The summed E-state index contributed by atoms with van der Waals surface area (Å²) in [5.41, 5.74) is 0. The first-order valence-corrected chi connectivity index (χ1v) is 3.42. The minimum atomic E-state index is 0. The summed E-state index contributed by atoms with van der Waals surface area (Å²) in [6.07, 6.45) is 3.45. The van der Waals surface area contributed by atoms with Crippen LogP contribution in [0.1, 0.15) is 34.5 Å². The van der Waals surface area contributed by atoms with Gasteiger partial charge in [0.2, 0.25) is 0 Å². The van der Waals surface area contributed by atoms with Crippen LogP contribution in [0.15, 0.2) is 0 Å². The van der Waals surface area contributed by atoms with Crippen LogP contribution in [0, 0.1) is 5.92 Å². The SMILES string of the molecule is CCCC(C)CCO.[H-].[K+]. The molecule has 0 aromatic rings. The van der Waals surface area contributed by atoms with Crippen molar-refractivity contribution in [3.05, 3.63) is 0 Å². The van der Waals surface area contributed by atoms with Crippen LogP contribution >= 0.6 is 0 Å². The van der Waals surface area contributed by atoms with E-state index in [1.54, 1.807) is 0 Å². The van der Waals surface area contributed by atoms with Crippen LogP contribution in [-0.4, -0.2) is 11.7 Å². The smallest absolute Gasteiger partial charge is 1.00 e. The van der Waals surface area contributed by atoms with Crippen LogP contribution < -0.4 is 51.4 Å². The zero-order valence-electron chi connectivity index (χ0n) is 7.85. The third-order valence-corrected chi connectivity index (χ3v) is 1.40. The molecule has 52 valence electrons.